The molecule has 0 aliphatic heterocycles. The molecular formula is C16H15NS. The SMILES string of the molecule is Cc1cccc2[nH]cc(SCc3ccccc3)c12. The molecule has 0 aliphatic rings. The number of aromatic nitrogens is 1. The molecule has 1 heterocycles. The second-order valence-corrected chi connectivity index (χ2v) is 5.44. The van der Waals surface area contributed by atoms with E-state index in [9.17, 15) is 0 Å². The largest absolute Gasteiger partial charge is 0.360 e. The van der Waals surface area contributed by atoms with Crippen molar-refractivity contribution in [2.45, 2.75) is 17.6 Å². The molecule has 90 valence electrons. The summed E-state index contributed by atoms with van der Waals surface area (Å²) in [5.41, 5.74) is 3.93. The van der Waals surface area contributed by atoms with Crippen LogP contribution in [0.15, 0.2) is 59.6 Å². The average molecular weight is 253 g/mol. The van der Waals surface area contributed by atoms with E-state index < -0.39 is 0 Å². The Hall–Kier alpha value is -1.67. The van der Waals surface area contributed by atoms with Crippen molar-refractivity contribution < 1.29 is 0 Å². The summed E-state index contributed by atoms with van der Waals surface area (Å²) in [6.45, 7) is 2.17. The van der Waals surface area contributed by atoms with Crippen LogP contribution in [0, 0.1) is 6.92 Å². The van der Waals surface area contributed by atoms with E-state index in [4.69, 9.17) is 0 Å². The van der Waals surface area contributed by atoms with E-state index in [1.54, 1.807) is 0 Å². The van der Waals surface area contributed by atoms with Gasteiger partial charge in [0.25, 0.3) is 0 Å². The zero-order chi connectivity index (χ0) is 12.4. The fraction of sp³-hybridized carbons (Fsp3) is 0.125. The molecule has 0 radical (unpaired) electrons. The minimum Gasteiger partial charge on any atom is -0.360 e. The van der Waals surface area contributed by atoms with Crippen LogP contribution in [0.3, 0.4) is 0 Å². The van der Waals surface area contributed by atoms with Crippen molar-refractivity contribution in [1.29, 1.82) is 0 Å². The molecule has 1 N–H and O–H groups in total. The lowest BCUT2D eigenvalue weighted by molar-refractivity contribution is 1.38. The van der Waals surface area contributed by atoms with Gasteiger partial charge in [-0.3, -0.25) is 0 Å². The van der Waals surface area contributed by atoms with Gasteiger partial charge in [-0.05, 0) is 24.1 Å². The monoisotopic (exact) mass is 253 g/mol. The van der Waals surface area contributed by atoms with Gasteiger partial charge in [-0.2, -0.15) is 0 Å². The van der Waals surface area contributed by atoms with E-state index >= 15 is 0 Å². The number of fused-ring (bicyclic) bond motifs is 1. The molecular weight excluding hydrogens is 238 g/mol. The fourth-order valence-corrected chi connectivity index (χ4v) is 3.25. The predicted molar refractivity (Wildman–Crippen MR) is 79.0 cm³/mol. The highest BCUT2D eigenvalue weighted by Crippen LogP contribution is 2.32. The van der Waals surface area contributed by atoms with Crippen molar-refractivity contribution in [3.8, 4) is 0 Å². The Morgan fingerprint density at radius 1 is 1.00 bits per heavy atom. The lowest BCUT2D eigenvalue weighted by atomic mass is 10.1. The van der Waals surface area contributed by atoms with Gasteiger partial charge in [-0.25, -0.2) is 0 Å². The molecule has 0 fully saturated rings. The van der Waals surface area contributed by atoms with Crippen molar-refractivity contribution >= 4 is 22.7 Å². The van der Waals surface area contributed by atoms with Gasteiger partial charge in [0.1, 0.15) is 0 Å². The van der Waals surface area contributed by atoms with Crippen LogP contribution in [-0.2, 0) is 5.75 Å². The third-order valence-electron chi connectivity index (χ3n) is 3.12. The molecule has 1 aromatic heterocycles. The van der Waals surface area contributed by atoms with Crippen LogP contribution >= 0.6 is 11.8 Å². The van der Waals surface area contributed by atoms with Crippen LogP contribution in [0.25, 0.3) is 10.9 Å². The van der Waals surface area contributed by atoms with Crippen molar-refractivity contribution in [1.82, 2.24) is 4.98 Å². The quantitative estimate of drug-likeness (QED) is 0.665. The summed E-state index contributed by atoms with van der Waals surface area (Å²) in [7, 11) is 0. The highest BCUT2D eigenvalue weighted by molar-refractivity contribution is 7.98. The first kappa shape index (κ1) is 11.4. The molecule has 0 aliphatic carbocycles. The number of aryl methyl sites for hydroxylation is 1. The Bertz CT molecular complexity index is 655. The maximum Gasteiger partial charge on any atom is 0.0468 e. The van der Waals surface area contributed by atoms with E-state index in [2.05, 4.69) is 66.6 Å². The van der Waals surface area contributed by atoms with Crippen LogP contribution in [0.4, 0.5) is 0 Å². The summed E-state index contributed by atoms with van der Waals surface area (Å²) in [4.78, 5) is 4.68. The summed E-state index contributed by atoms with van der Waals surface area (Å²) < 4.78 is 0. The Balaban J connectivity index is 1.87. The zero-order valence-electron chi connectivity index (χ0n) is 10.3. The van der Waals surface area contributed by atoms with E-state index in [1.165, 1.54) is 26.9 Å². The molecule has 3 aromatic rings. The van der Waals surface area contributed by atoms with Crippen molar-refractivity contribution in [3.05, 3.63) is 65.9 Å². The van der Waals surface area contributed by atoms with E-state index in [0.29, 0.717) is 0 Å². The molecule has 0 unspecified atom stereocenters. The Kier molecular flexibility index (Phi) is 3.11. The average Bonchev–Trinajstić information content (AvgIpc) is 2.82. The maximum absolute atomic E-state index is 3.34. The van der Waals surface area contributed by atoms with E-state index in [1.807, 2.05) is 11.8 Å². The van der Waals surface area contributed by atoms with E-state index in [0.717, 1.165) is 5.75 Å². The van der Waals surface area contributed by atoms with Crippen molar-refractivity contribution in [2.24, 2.45) is 0 Å². The molecule has 2 aromatic carbocycles. The molecule has 3 rings (SSSR count). The fourth-order valence-electron chi connectivity index (χ4n) is 2.18. The van der Waals surface area contributed by atoms with Gasteiger partial charge in [0.05, 0.1) is 0 Å². The molecule has 0 bridgehead atoms. The number of benzene rings is 2. The lowest BCUT2D eigenvalue weighted by Gasteiger charge is -2.02. The first-order valence-corrected chi connectivity index (χ1v) is 7.06. The molecule has 0 amide bonds. The second kappa shape index (κ2) is 4.91. The second-order valence-electron chi connectivity index (χ2n) is 4.42. The number of hydrogen-bond donors (Lipinski definition) is 1. The number of thioether (sulfide) groups is 1. The van der Waals surface area contributed by atoms with Crippen LogP contribution < -0.4 is 0 Å². The van der Waals surface area contributed by atoms with Crippen molar-refractivity contribution in [3.63, 3.8) is 0 Å². The molecule has 1 nitrogen and oxygen atoms in total. The highest BCUT2D eigenvalue weighted by Gasteiger charge is 2.06. The normalized spacial score (nSPS) is 10.9. The standard InChI is InChI=1S/C16H15NS/c1-12-6-5-9-14-16(12)15(10-17-14)18-11-13-7-3-2-4-8-13/h2-10,17H,11H2,1H3. The smallest absolute Gasteiger partial charge is 0.0468 e. The molecule has 18 heavy (non-hydrogen) atoms. The van der Waals surface area contributed by atoms with Crippen molar-refractivity contribution in [2.75, 3.05) is 0 Å². The number of H-pyrrole nitrogens is 1. The van der Waals surface area contributed by atoms with Gasteiger partial charge in [-0.1, -0.05) is 42.5 Å². The minimum absolute atomic E-state index is 1.02. The summed E-state index contributed by atoms with van der Waals surface area (Å²) in [6.07, 6.45) is 2.12. The molecule has 2 heteroatoms. The first-order valence-electron chi connectivity index (χ1n) is 6.08. The van der Waals surface area contributed by atoms with Crippen LogP contribution in [0.2, 0.25) is 0 Å². The number of nitrogens with one attached hydrogen (secondary N) is 1. The summed E-state index contributed by atoms with van der Waals surface area (Å²) in [5, 5.41) is 1.36. The number of hydrogen-bond acceptors (Lipinski definition) is 1. The van der Waals surface area contributed by atoms with E-state index in [-0.39, 0.29) is 0 Å². The minimum atomic E-state index is 1.02. The molecule has 0 spiro atoms. The zero-order valence-corrected chi connectivity index (χ0v) is 11.1. The van der Waals surface area contributed by atoms with Gasteiger partial charge < -0.3 is 4.98 Å². The van der Waals surface area contributed by atoms with Gasteiger partial charge >= 0.3 is 0 Å². The summed E-state index contributed by atoms with van der Waals surface area (Å²) >= 11 is 1.89. The number of aromatic amines is 1. The topological polar surface area (TPSA) is 15.8 Å². The van der Waals surface area contributed by atoms with Crippen LogP contribution in [0.5, 0.6) is 0 Å². The summed E-state index contributed by atoms with van der Waals surface area (Å²) in [6, 6.07) is 17.0. The maximum atomic E-state index is 3.34. The van der Waals surface area contributed by atoms with Gasteiger partial charge in [0, 0.05) is 27.7 Å². The predicted octanol–water partition coefficient (Wildman–Crippen LogP) is 4.77. The Morgan fingerprint density at radius 3 is 2.67 bits per heavy atom. The van der Waals surface area contributed by atoms with Crippen LogP contribution in [0.1, 0.15) is 11.1 Å². The lowest BCUT2D eigenvalue weighted by Crippen LogP contribution is -1.79. The van der Waals surface area contributed by atoms with Gasteiger partial charge in [0.15, 0.2) is 0 Å². The third kappa shape index (κ3) is 2.16. The molecule has 0 saturated carbocycles. The highest BCUT2D eigenvalue weighted by atomic mass is 32.2. The third-order valence-corrected chi connectivity index (χ3v) is 4.23. The Morgan fingerprint density at radius 2 is 1.83 bits per heavy atom. The number of rotatable bonds is 3. The van der Waals surface area contributed by atoms with Crippen LogP contribution in [-0.4, -0.2) is 4.98 Å². The molecule has 0 saturated heterocycles. The van der Waals surface area contributed by atoms with Gasteiger partial charge in [0.2, 0.25) is 0 Å². The van der Waals surface area contributed by atoms with Gasteiger partial charge in [-0.15, -0.1) is 11.8 Å². The summed E-state index contributed by atoms with van der Waals surface area (Å²) in [5.74, 6) is 1.02. The first-order chi connectivity index (χ1) is 8.84. The molecule has 0 atom stereocenters. The Labute approximate surface area is 111 Å².